The molecule has 29 heavy (non-hydrogen) atoms. The van der Waals surface area contributed by atoms with Crippen LogP contribution in [0.25, 0.3) is 11.3 Å². The Bertz CT molecular complexity index is 896. The van der Waals surface area contributed by atoms with Gasteiger partial charge < -0.3 is 14.2 Å². The van der Waals surface area contributed by atoms with Gasteiger partial charge in [0.25, 0.3) is 0 Å². The van der Waals surface area contributed by atoms with Gasteiger partial charge in [0, 0.05) is 18.0 Å². The largest absolute Gasteiger partial charge is 0.476 e. The van der Waals surface area contributed by atoms with Crippen molar-refractivity contribution in [3.05, 3.63) is 48.6 Å². The fourth-order valence-corrected chi connectivity index (χ4v) is 2.56. The molecule has 3 rings (SSSR count). The van der Waals surface area contributed by atoms with Crippen LogP contribution in [-0.2, 0) is 11.3 Å². The normalized spacial score (nSPS) is 13.1. The average molecular weight is 407 g/mol. The van der Waals surface area contributed by atoms with Crippen molar-refractivity contribution >= 4 is 6.09 Å². The van der Waals surface area contributed by atoms with E-state index in [0.717, 1.165) is 5.01 Å². The summed E-state index contributed by atoms with van der Waals surface area (Å²) in [5.41, 5.74) is 4.25. The molecule has 1 amide bonds. The minimum atomic E-state index is -2.93. The van der Waals surface area contributed by atoms with Crippen LogP contribution in [0.2, 0.25) is 0 Å². The Kier molecular flexibility index (Phi) is 6.39. The SMILES string of the molecule is CCOc1ncc(CN2C=CN(C(=O)OC)N2)nc1-c1cccc(OC(F)F)c1. The molecule has 2 aromatic rings. The van der Waals surface area contributed by atoms with Crippen LogP contribution >= 0.6 is 0 Å². The summed E-state index contributed by atoms with van der Waals surface area (Å²) in [4.78, 5) is 20.4. The van der Waals surface area contributed by atoms with Gasteiger partial charge in [-0.15, -0.1) is 5.53 Å². The number of benzene rings is 1. The predicted octanol–water partition coefficient (Wildman–Crippen LogP) is 2.92. The number of aromatic nitrogens is 2. The zero-order chi connectivity index (χ0) is 20.8. The topological polar surface area (TPSA) is 89.1 Å². The van der Waals surface area contributed by atoms with Crippen LogP contribution in [0.15, 0.2) is 42.9 Å². The number of amides is 1. The average Bonchev–Trinajstić information content (AvgIpc) is 3.17. The van der Waals surface area contributed by atoms with Gasteiger partial charge in [-0.25, -0.2) is 14.8 Å². The van der Waals surface area contributed by atoms with Crippen LogP contribution in [0.5, 0.6) is 11.6 Å². The van der Waals surface area contributed by atoms with E-state index in [1.807, 2.05) is 0 Å². The van der Waals surface area contributed by atoms with Crippen molar-refractivity contribution in [2.75, 3.05) is 13.7 Å². The van der Waals surface area contributed by atoms with Gasteiger partial charge in [0.05, 0.1) is 32.2 Å². The van der Waals surface area contributed by atoms with Crippen molar-refractivity contribution in [3.8, 4) is 22.9 Å². The number of halogens is 2. The zero-order valence-corrected chi connectivity index (χ0v) is 15.7. The molecule has 0 aliphatic carbocycles. The minimum absolute atomic E-state index is 0.00464. The van der Waals surface area contributed by atoms with E-state index in [0.29, 0.717) is 23.6 Å². The van der Waals surface area contributed by atoms with Crippen LogP contribution in [-0.4, -0.2) is 46.4 Å². The lowest BCUT2D eigenvalue weighted by Gasteiger charge is -2.20. The summed E-state index contributed by atoms with van der Waals surface area (Å²) in [7, 11) is 1.27. The lowest BCUT2D eigenvalue weighted by atomic mass is 10.1. The van der Waals surface area contributed by atoms with Gasteiger partial charge in [-0.1, -0.05) is 12.1 Å². The molecule has 0 bridgehead atoms. The number of hydrogen-bond donors (Lipinski definition) is 1. The molecule has 1 aliphatic rings. The summed E-state index contributed by atoms with van der Waals surface area (Å²) in [5, 5.41) is 2.76. The number of hydrogen-bond acceptors (Lipinski definition) is 8. The number of carbonyl (C=O) groups is 1. The lowest BCUT2D eigenvalue weighted by Crippen LogP contribution is -2.42. The highest BCUT2D eigenvalue weighted by Crippen LogP contribution is 2.29. The molecule has 9 nitrogen and oxygen atoms in total. The van der Waals surface area contributed by atoms with E-state index in [-0.39, 0.29) is 18.2 Å². The zero-order valence-electron chi connectivity index (χ0n) is 15.7. The minimum Gasteiger partial charge on any atom is -0.476 e. The summed E-state index contributed by atoms with van der Waals surface area (Å²) in [6, 6.07) is 6.14. The molecule has 154 valence electrons. The van der Waals surface area contributed by atoms with E-state index in [1.54, 1.807) is 30.3 Å². The first-order valence-corrected chi connectivity index (χ1v) is 8.62. The highest BCUT2D eigenvalue weighted by molar-refractivity contribution is 5.68. The summed E-state index contributed by atoms with van der Waals surface area (Å²) < 4.78 is 39.7. The second-order valence-electron chi connectivity index (χ2n) is 5.72. The Hall–Kier alpha value is -3.47. The molecule has 1 aromatic heterocycles. The molecule has 11 heteroatoms. The van der Waals surface area contributed by atoms with Crippen molar-refractivity contribution in [2.45, 2.75) is 20.1 Å². The van der Waals surface area contributed by atoms with Crippen molar-refractivity contribution in [1.29, 1.82) is 0 Å². The molecule has 0 unspecified atom stereocenters. The quantitative estimate of drug-likeness (QED) is 0.750. The maximum absolute atomic E-state index is 12.5. The van der Waals surface area contributed by atoms with E-state index in [2.05, 4.69) is 25.0 Å². The van der Waals surface area contributed by atoms with Crippen molar-refractivity contribution in [3.63, 3.8) is 0 Å². The Labute approximate surface area is 165 Å². The maximum Gasteiger partial charge on any atom is 0.429 e. The number of hydrazine groups is 2. The highest BCUT2D eigenvalue weighted by Gasteiger charge is 2.20. The number of rotatable bonds is 7. The molecular formula is C18H19F2N5O4. The molecule has 0 spiro atoms. The van der Waals surface area contributed by atoms with Crippen molar-refractivity contribution in [1.82, 2.24) is 25.5 Å². The number of carbonyl (C=O) groups excluding carboxylic acids is 1. The van der Waals surface area contributed by atoms with E-state index in [1.165, 1.54) is 31.6 Å². The summed E-state index contributed by atoms with van der Waals surface area (Å²) in [5.74, 6) is 0.275. The first-order valence-electron chi connectivity index (χ1n) is 8.62. The molecule has 0 atom stereocenters. The third-order valence-corrected chi connectivity index (χ3v) is 3.74. The maximum atomic E-state index is 12.5. The first-order chi connectivity index (χ1) is 14.0. The molecule has 0 radical (unpaired) electrons. The summed E-state index contributed by atoms with van der Waals surface area (Å²) in [6.07, 6.45) is 4.09. The third kappa shape index (κ3) is 5.08. The van der Waals surface area contributed by atoms with Crippen LogP contribution in [0.3, 0.4) is 0 Å². The number of alkyl halides is 2. The van der Waals surface area contributed by atoms with Gasteiger partial charge in [-0.2, -0.15) is 13.8 Å². The van der Waals surface area contributed by atoms with Crippen molar-refractivity contribution in [2.24, 2.45) is 0 Å². The Morgan fingerprint density at radius 2 is 2.14 bits per heavy atom. The first kappa shape index (κ1) is 20.3. The lowest BCUT2D eigenvalue weighted by molar-refractivity contribution is -0.0498. The molecule has 0 fully saturated rings. The van der Waals surface area contributed by atoms with Crippen LogP contribution in [0.4, 0.5) is 13.6 Å². The van der Waals surface area contributed by atoms with Gasteiger partial charge in [-0.05, 0) is 19.1 Å². The van der Waals surface area contributed by atoms with Gasteiger partial charge in [-0.3, -0.25) is 5.01 Å². The number of methoxy groups -OCH3 is 1. The standard InChI is InChI=1S/C18H19F2N5O4/c1-3-28-16-15(12-5-4-6-14(9-12)29-17(19)20)22-13(10-21-16)11-24-7-8-25(23-24)18(26)27-2/h4-10,17,23H,3,11H2,1-2H3. The second-order valence-corrected chi connectivity index (χ2v) is 5.72. The Morgan fingerprint density at radius 3 is 2.86 bits per heavy atom. The molecule has 1 N–H and O–H groups in total. The van der Waals surface area contributed by atoms with Gasteiger partial charge in [0.2, 0.25) is 5.88 Å². The fourth-order valence-electron chi connectivity index (χ4n) is 2.56. The van der Waals surface area contributed by atoms with E-state index in [9.17, 15) is 13.6 Å². The number of nitrogens with zero attached hydrogens (tertiary/aromatic N) is 4. The molecule has 0 saturated heterocycles. The summed E-state index contributed by atoms with van der Waals surface area (Å²) >= 11 is 0. The van der Waals surface area contributed by atoms with E-state index in [4.69, 9.17) is 4.74 Å². The second kappa shape index (κ2) is 9.15. The van der Waals surface area contributed by atoms with Crippen LogP contribution < -0.4 is 15.0 Å². The summed E-state index contributed by atoms with van der Waals surface area (Å²) in [6.45, 7) is -0.502. The third-order valence-electron chi connectivity index (χ3n) is 3.74. The molecule has 2 heterocycles. The molecule has 1 aromatic carbocycles. The molecule has 0 saturated carbocycles. The Balaban J connectivity index is 1.84. The van der Waals surface area contributed by atoms with Gasteiger partial charge in [0.1, 0.15) is 11.4 Å². The van der Waals surface area contributed by atoms with Gasteiger partial charge >= 0.3 is 12.7 Å². The van der Waals surface area contributed by atoms with E-state index >= 15 is 0 Å². The predicted molar refractivity (Wildman–Crippen MR) is 97.3 cm³/mol. The fraction of sp³-hybridized carbons (Fsp3) is 0.278. The highest BCUT2D eigenvalue weighted by atomic mass is 19.3. The number of nitrogens with one attached hydrogen (secondary N) is 1. The van der Waals surface area contributed by atoms with Gasteiger partial charge in [0.15, 0.2) is 0 Å². The monoisotopic (exact) mass is 407 g/mol. The van der Waals surface area contributed by atoms with Crippen molar-refractivity contribution < 1.29 is 27.8 Å². The van der Waals surface area contributed by atoms with Crippen LogP contribution in [0.1, 0.15) is 12.6 Å². The molecular weight excluding hydrogens is 388 g/mol. The smallest absolute Gasteiger partial charge is 0.429 e. The van der Waals surface area contributed by atoms with E-state index < -0.39 is 12.7 Å². The van der Waals surface area contributed by atoms with Crippen LogP contribution in [0, 0.1) is 0 Å². The number of ether oxygens (including phenoxy) is 3. The Morgan fingerprint density at radius 1 is 1.31 bits per heavy atom. The molecule has 1 aliphatic heterocycles.